The van der Waals surface area contributed by atoms with Crippen LogP contribution in [0.5, 0.6) is 0 Å². The standard InChI is InChI=1S/C26H29N5O2S/c1-4-19-15-27-26(28-16-19)30-11-9-22(10-12-30)31-25-13-18(2)24(14-21(25)17-29-31)20-5-7-23(8-6-20)34(3,32)33/h5-8,13-17,22H,4,9-12H2,1-3H3. The molecular formula is C26H29N5O2S. The molecule has 0 aliphatic carbocycles. The Morgan fingerprint density at radius 3 is 2.29 bits per heavy atom. The fourth-order valence-corrected chi connectivity index (χ4v) is 5.32. The molecule has 4 aromatic rings. The lowest BCUT2D eigenvalue weighted by Gasteiger charge is -2.32. The average Bonchev–Trinajstić information content (AvgIpc) is 3.26. The minimum Gasteiger partial charge on any atom is -0.341 e. The summed E-state index contributed by atoms with van der Waals surface area (Å²) in [6.07, 6.45) is 9.93. The van der Waals surface area contributed by atoms with Crippen molar-refractivity contribution in [2.24, 2.45) is 0 Å². The van der Waals surface area contributed by atoms with Crippen molar-refractivity contribution in [2.45, 2.75) is 44.0 Å². The molecule has 8 heteroatoms. The Morgan fingerprint density at radius 1 is 1.00 bits per heavy atom. The van der Waals surface area contributed by atoms with Gasteiger partial charge in [0.05, 0.1) is 22.7 Å². The van der Waals surface area contributed by atoms with E-state index < -0.39 is 9.84 Å². The van der Waals surface area contributed by atoms with Gasteiger partial charge in [-0.3, -0.25) is 4.68 Å². The molecule has 2 aromatic carbocycles. The number of piperidine rings is 1. The molecule has 34 heavy (non-hydrogen) atoms. The van der Waals surface area contributed by atoms with E-state index in [4.69, 9.17) is 5.10 Å². The van der Waals surface area contributed by atoms with Crippen LogP contribution in [-0.2, 0) is 16.3 Å². The summed E-state index contributed by atoms with van der Waals surface area (Å²) in [5.74, 6) is 0.809. The lowest BCUT2D eigenvalue weighted by Crippen LogP contribution is -2.36. The van der Waals surface area contributed by atoms with Crippen LogP contribution < -0.4 is 4.90 Å². The Balaban J connectivity index is 1.36. The number of rotatable bonds is 5. The summed E-state index contributed by atoms with van der Waals surface area (Å²) >= 11 is 0. The summed E-state index contributed by atoms with van der Waals surface area (Å²) in [4.78, 5) is 11.7. The lowest BCUT2D eigenvalue weighted by atomic mass is 9.98. The van der Waals surface area contributed by atoms with Gasteiger partial charge in [0.1, 0.15) is 0 Å². The third-order valence-electron chi connectivity index (χ3n) is 6.73. The van der Waals surface area contributed by atoms with Crippen LogP contribution in [0.25, 0.3) is 22.0 Å². The van der Waals surface area contributed by atoms with Gasteiger partial charge < -0.3 is 4.90 Å². The highest BCUT2D eigenvalue weighted by Gasteiger charge is 2.24. The van der Waals surface area contributed by atoms with E-state index in [-0.39, 0.29) is 0 Å². The van der Waals surface area contributed by atoms with Crippen molar-refractivity contribution in [3.05, 3.63) is 66.1 Å². The Labute approximate surface area is 200 Å². The maximum Gasteiger partial charge on any atom is 0.225 e. The summed E-state index contributed by atoms with van der Waals surface area (Å²) in [6.45, 7) is 6.01. The minimum atomic E-state index is -3.21. The highest BCUT2D eigenvalue weighted by Crippen LogP contribution is 2.32. The van der Waals surface area contributed by atoms with E-state index in [1.165, 1.54) is 6.26 Å². The zero-order valence-corrected chi connectivity index (χ0v) is 20.6. The second-order valence-electron chi connectivity index (χ2n) is 9.07. The van der Waals surface area contributed by atoms with Gasteiger partial charge in [-0.05, 0) is 72.7 Å². The highest BCUT2D eigenvalue weighted by atomic mass is 32.2. The highest BCUT2D eigenvalue weighted by molar-refractivity contribution is 7.90. The van der Waals surface area contributed by atoms with Crippen LogP contribution >= 0.6 is 0 Å². The predicted octanol–water partition coefficient (Wildman–Crippen LogP) is 4.61. The zero-order chi connectivity index (χ0) is 23.9. The molecule has 1 aliphatic rings. The van der Waals surface area contributed by atoms with Gasteiger partial charge in [-0.1, -0.05) is 19.1 Å². The van der Waals surface area contributed by atoms with Crippen molar-refractivity contribution in [1.82, 2.24) is 19.7 Å². The number of nitrogens with zero attached hydrogens (tertiary/aromatic N) is 5. The van der Waals surface area contributed by atoms with Crippen molar-refractivity contribution in [1.29, 1.82) is 0 Å². The average molecular weight is 476 g/mol. The summed E-state index contributed by atoms with van der Waals surface area (Å²) in [7, 11) is -3.21. The first kappa shape index (κ1) is 22.5. The minimum absolute atomic E-state index is 0.334. The largest absolute Gasteiger partial charge is 0.341 e. The zero-order valence-electron chi connectivity index (χ0n) is 19.8. The molecule has 0 N–H and O–H groups in total. The van der Waals surface area contributed by atoms with E-state index in [0.717, 1.165) is 71.5 Å². The summed E-state index contributed by atoms with van der Waals surface area (Å²) in [5, 5.41) is 5.84. The molecule has 0 radical (unpaired) electrons. The van der Waals surface area contributed by atoms with Gasteiger partial charge in [0.2, 0.25) is 5.95 Å². The van der Waals surface area contributed by atoms with Crippen LogP contribution in [0.2, 0.25) is 0 Å². The Hall–Kier alpha value is -3.26. The Bertz CT molecular complexity index is 1420. The number of hydrogen-bond donors (Lipinski definition) is 0. The smallest absolute Gasteiger partial charge is 0.225 e. The molecule has 0 saturated carbocycles. The Kier molecular flexibility index (Phi) is 5.85. The van der Waals surface area contributed by atoms with Crippen LogP contribution in [0.1, 0.15) is 36.9 Å². The number of anilines is 1. The molecule has 3 heterocycles. The predicted molar refractivity (Wildman–Crippen MR) is 135 cm³/mol. The molecule has 1 fully saturated rings. The summed E-state index contributed by atoms with van der Waals surface area (Å²) in [5.41, 5.74) is 5.53. The van der Waals surface area contributed by atoms with Crippen LogP contribution in [0.4, 0.5) is 5.95 Å². The molecule has 0 bridgehead atoms. The molecule has 0 amide bonds. The van der Waals surface area contributed by atoms with Crippen molar-refractivity contribution in [3.8, 4) is 11.1 Å². The number of fused-ring (bicyclic) bond motifs is 1. The third-order valence-corrected chi connectivity index (χ3v) is 7.86. The van der Waals surface area contributed by atoms with Gasteiger partial charge in [-0.15, -0.1) is 0 Å². The lowest BCUT2D eigenvalue weighted by molar-refractivity contribution is 0.374. The quantitative estimate of drug-likeness (QED) is 0.419. The number of benzene rings is 2. The fourth-order valence-electron chi connectivity index (χ4n) is 4.69. The number of aromatic nitrogens is 4. The normalized spacial score (nSPS) is 15.2. The van der Waals surface area contributed by atoms with Gasteiger partial charge in [0, 0.05) is 37.1 Å². The molecule has 176 valence electrons. The monoisotopic (exact) mass is 475 g/mol. The molecule has 0 atom stereocenters. The molecule has 7 nitrogen and oxygen atoms in total. The van der Waals surface area contributed by atoms with Gasteiger partial charge in [0.15, 0.2) is 9.84 Å². The second-order valence-corrected chi connectivity index (χ2v) is 11.1. The van der Waals surface area contributed by atoms with E-state index in [9.17, 15) is 8.42 Å². The first-order valence-electron chi connectivity index (χ1n) is 11.7. The van der Waals surface area contributed by atoms with Crippen molar-refractivity contribution >= 4 is 26.7 Å². The molecule has 2 aromatic heterocycles. The topological polar surface area (TPSA) is 81.0 Å². The SMILES string of the molecule is CCc1cnc(N2CCC(n3ncc4cc(-c5ccc(S(C)(=O)=O)cc5)c(C)cc43)CC2)nc1. The van der Waals surface area contributed by atoms with E-state index in [1.54, 1.807) is 12.1 Å². The Morgan fingerprint density at radius 2 is 1.68 bits per heavy atom. The second kappa shape index (κ2) is 8.83. The van der Waals surface area contributed by atoms with E-state index >= 15 is 0 Å². The molecule has 0 spiro atoms. The summed E-state index contributed by atoms with van der Waals surface area (Å²) in [6, 6.07) is 11.8. The maximum atomic E-state index is 11.8. The summed E-state index contributed by atoms with van der Waals surface area (Å²) < 4.78 is 25.7. The first-order valence-corrected chi connectivity index (χ1v) is 13.6. The molecular weight excluding hydrogens is 446 g/mol. The van der Waals surface area contributed by atoms with Gasteiger partial charge in [-0.25, -0.2) is 18.4 Å². The number of sulfone groups is 1. The van der Waals surface area contributed by atoms with Crippen molar-refractivity contribution in [3.63, 3.8) is 0 Å². The first-order chi connectivity index (χ1) is 16.3. The maximum absolute atomic E-state index is 11.8. The van der Waals surface area contributed by atoms with E-state index in [0.29, 0.717) is 10.9 Å². The molecule has 1 aliphatic heterocycles. The molecule has 5 rings (SSSR count). The van der Waals surface area contributed by atoms with E-state index in [1.807, 2.05) is 30.7 Å². The van der Waals surface area contributed by atoms with Crippen LogP contribution in [0.15, 0.2) is 59.9 Å². The number of hydrogen-bond acceptors (Lipinski definition) is 6. The third kappa shape index (κ3) is 4.30. The van der Waals surface area contributed by atoms with Crippen molar-refractivity contribution in [2.75, 3.05) is 24.2 Å². The molecule has 0 unspecified atom stereocenters. The van der Waals surface area contributed by atoms with Crippen LogP contribution in [-0.4, -0.2) is 47.5 Å². The number of aryl methyl sites for hydroxylation is 2. The van der Waals surface area contributed by atoms with Crippen LogP contribution in [0.3, 0.4) is 0 Å². The molecule has 1 saturated heterocycles. The van der Waals surface area contributed by atoms with E-state index in [2.05, 4.69) is 45.5 Å². The van der Waals surface area contributed by atoms with Gasteiger partial charge in [-0.2, -0.15) is 5.10 Å². The fraction of sp³-hybridized carbons (Fsp3) is 0.346. The van der Waals surface area contributed by atoms with Gasteiger partial charge in [0.25, 0.3) is 0 Å². The van der Waals surface area contributed by atoms with Gasteiger partial charge >= 0.3 is 0 Å². The van der Waals surface area contributed by atoms with Crippen LogP contribution in [0, 0.1) is 6.92 Å². The van der Waals surface area contributed by atoms with Crippen molar-refractivity contribution < 1.29 is 8.42 Å².